The maximum atomic E-state index is 13.1. The number of hydrogen-bond donors (Lipinski definition) is 1. The average molecular weight is 380 g/mol. The van der Waals surface area contributed by atoms with Gasteiger partial charge in [-0.05, 0) is 35.8 Å². The van der Waals surface area contributed by atoms with E-state index in [4.69, 9.17) is 4.74 Å². The van der Waals surface area contributed by atoms with E-state index in [9.17, 15) is 9.59 Å². The van der Waals surface area contributed by atoms with Crippen LogP contribution in [0.25, 0.3) is 0 Å². The highest BCUT2D eigenvalue weighted by Gasteiger charge is 2.80. The lowest BCUT2D eigenvalue weighted by Gasteiger charge is -2.64. The van der Waals surface area contributed by atoms with E-state index >= 15 is 0 Å². The molecule has 4 rings (SSSR count). The standard InChI is InChI=1S/C18H22BrNO3/c1-16(2)17(3)9-10-18(16,14(17)19)15(22)20-12-8-6-5-7-11(12)13(21)23-4/h5-8,14H,9-10H2,1-4H3,(H,20,22). The lowest BCUT2D eigenvalue weighted by Crippen LogP contribution is -2.68. The first-order chi connectivity index (χ1) is 10.7. The quantitative estimate of drug-likeness (QED) is 0.637. The van der Waals surface area contributed by atoms with Crippen molar-refractivity contribution >= 4 is 33.5 Å². The first-order valence-corrected chi connectivity index (χ1v) is 8.77. The molecule has 3 unspecified atom stereocenters. The number of carbonyl (C=O) groups excluding carboxylic acids is 2. The van der Waals surface area contributed by atoms with Crippen LogP contribution in [0, 0.1) is 16.2 Å². The van der Waals surface area contributed by atoms with Crippen LogP contribution >= 0.6 is 15.9 Å². The minimum absolute atomic E-state index is 0.0179. The fourth-order valence-electron chi connectivity index (χ4n) is 4.57. The van der Waals surface area contributed by atoms with Gasteiger partial charge in [-0.25, -0.2) is 4.79 Å². The Balaban J connectivity index is 1.91. The summed E-state index contributed by atoms with van der Waals surface area (Å²) >= 11 is 3.76. The van der Waals surface area contributed by atoms with Crippen molar-refractivity contribution in [2.24, 2.45) is 16.2 Å². The average Bonchev–Trinajstić information content (AvgIpc) is 2.94. The molecule has 1 amide bonds. The van der Waals surface area contributed by atoms with Crippen molar-refractivity contribution in [3.8, 4) is 0 Å². The molecule has 3 aliphatic rings. The van der Waals surface area contributed by atoms with Gasteiger partial charge in [-0.1, -0.05) is 48.8 Å². The molecule has 3 fully saturated rings. The Kier molecular flexibility index (Phi) is 3.63. The molecule has 0 heterocycles. The number of nitrogens with one attached hydrogen (secondary N) is 1. The number of ether oxygens (including phenoxy) is 1. The molecule has 1 aromatic carbocycles. The Hall–Kier alpha value is -1.36. The molecule has 4 nitrogen and oxygen atoms in total. The summed E-state index contributed by atoms with van der Waals surface area (Å²) in [4.78, 5) is 25.2. The highest BCUT2D eigenvalue weighted by molar-refractivity contribution is 9.09. The highest BCUT2D eigenvalue weighted by Crippen LogP contribution is 2.79. The van der Waals surface area contributed by atoms with Crippen molar-refractivity contribution in [2.45, 2.75) is 38.4 Å². The Labute approximate surface area is 145 Å². The van der Waals surface area contributed by atoms with E-state index in [1.165, 1.54) is 7.11 Å². The van der Waals surface area contributed by atoms with Gasteiger partial charge in [-0.2, -0.15) is 0 Å². The number of esters is 1. The molecular weight excluding hydrogens is 358 g/mol. The molecule has 3 aliphatic carbocycles. The van der Waals surface area contributed by atoms with Gasteiger partial charge in [-0.15, -0.1) is 0 Å². The Morgan fingerprint density at radius 2 is 1.87 bits per heavy atom. The zero-order valence-corrected chi connectivity index (χ0v) is 15.5. The second-order valence-electron chi connectivity index (χ2n) is 7.37. The van der Waals surface area contributed by atoms with Gasteiger partial charge < -0.3 is 10.1 Å². The van der Waals surface area contributed by atoms with Crippen LogP contribution in [0.3, 0.4) is 0 Å². The molecule has 0 aliphatic heterocycles. The Bertz CT molecular complexity index is 687. The molecule has 2 bridgehead atoms. The summed E-state index contributed by atoms with van der Waals surface area (Å²) in [6, 6.07) is 6.96. The molecule has 0 saturated heterocycles. The van der Waals surface area contributed by atoms with Crippen LogP contribution in [0.5, 0.6) is 0 Å². The van der Waals surface area contributed by atoms with E-state index < -0.39 is 11.4 Å². The number of benzene rings is 1. The third kappa shape index (κ3) is 1.83. The second kappa shape index (κ2) is 5.07. The molecule has 0 aromatic heterocycles. The van der Waals surface area contributed by atoms with Crippen molar-refractivity contribution in [3.05, 3.63) is 29.8 Å². The van der Waals surface area contributed by atoms with Crippen molar-refractivity contribution in [3.63, 3.8) is 0 Å². The van der Waals surface area contributed by atoms with Crippen molar-refractivity contribution in [1.29, 1.82) is 0 Å². The minimum atomic E-state index is -0.446. The summed E-state index contributed by atoms with van der Waals surface area (Å²) in [7, 11) is 1.34. The molecule has 1 aromatic rings. The van der Waals surface area contributed by atoms with Crippen LogP contribution < -0.4 is 5.32 Å². The maximum Gasteiger partial charge on any atom is 0.339 e. The maximum absolute atomic E-state index is 13.1. The predicted molar refractivity (Wildman–Crippen MR) is 92.7 cm³/mol. The molecule has 5 heteroatoms. The number of halogens is 1. The molecular formula is C18H22BrNO3. The molecule has 3 saturated carbocycles. The van der Waals surface area contributed by atoms with E-state index in [0.29, 0.717) is 11.3 Å². The van der Waals surface area contributed by atoms with Crippen molar-refractivity contribution in [1.82, 2.24) is 0 Å². The Morgan fingerprint density at radius 3 is 2.39 bits per heavy atom. The van der Waals surface area contributed by atoms with E-state index in [1.54, 1.807) is 24.3 Å². The van der Waals surface area contributed by atoms with Crippen molar-refractivity contribution in [2.75, 3.05) is 12.4 Å². The molecule has 124 valence electrons. The summed E-state index contributed by atoms with van der Waals surface area (Å²) in [6.45, 7) is 6.58. The van der Waals surface area contributed by atoms with Gasteiger partial charge in [0.2, 0.25) is 5.91 Å². The van der Waals surface area contributed by atoms with E-state index in [-0.39, 0.29) is 21.6 Å². The monoisotopic (exact) mass is 379 g/mol. The van der Waals surface area contributed by atoms with Crippen LogP contribution in [0.1, 0.15) is 44.0 Å². The van der Waals surface area contributed by atoms with Crippen LogP contribution in [0.4, 0.5) is 5.69 Å². The molecule has 0 radical (unpaired) electrons. The van der Waals surface area contributed by atoms with Gasteiger partial charge in [0.1, 0.15) is 0 Å². The predicted octanol–water partition coefficient (Wildman–Crippen LogP) is 4.00. The summed E-state index contributed by atoms with van der Waals surface area (Å²) in [5.74, 6) is -0.464. The fraction of sp³-hybridized carbons (Fsp3) is 0.556. The number of amides is 1. The first-order valence-electron chi connectivity index (χ1n) is 7.85. The molecule has 0 spiro atoms. The summed E-state index contributed by atoms with van der Waals surface area (Å²) < 4.78 is 4.80. The zero-order valence-electron chi connectivity index (χ0n) is 13.9. The number of hydrogen-bond acceptors (Lipinski definition) is 3. The van der Waals surface area contributed by atoms with E-state index in [0.717, 1.165) is 12.8 Å². The number of fused-ring (bicyclic) bond motifs is 1. The van der Waals surface area contributed by atoms with Gasteiger partial charge in [-0.3, -0.25) is 4.79 Å². The van der Waals surface area contributed by atoms with Crippen LogP contribution in [-0.4, -0.2) is 23.8 Å². The van der Waals surface area contributed by atoms with E-state index in [1.807, 2.05) is 0 Å². The largest absolute Gasteiger partial charge is 0.465 e. The lowest BCUT2D eigenvalue weighted by molar-refractivity contribution is -0.155. The number of para-hydroxylation sites is 1. The fourth-order valence-corrected chi connectivity index (χ4v) is 6.38. The van der Waals surface area contributed by atoms with Crippen LogP contribution in [0.15, 0.2) is 24.3 Å². The minimum Gasteiger partial charge on any atom is -0.465 e. The second-order valence-corrected chi connectivity index (χ2v) is 8.28. The van der Waals surface area contributed by atoms with Crippen LogP contribution in [-0.2, 0) is 9.53 Å². The lowest BCUT2D eigenvalue weighted by atomic mass is 9.43. The number of alkyl halides is 1. The van der Waals surface area contributed by atoms with Gasteiger partial charge in [0.25, 0.3) is 0 Å². The first kappa shape index (κ1) is 16.5. The van der Waals surface area contributed by atoms with E-state index in [2.05, 4.69) is 42.0 Å². The summed E-state index contributed by atoms with van der Waals surface area (Å²) in [6.07, 6.45) is 1.89. The highest BCUT2D eigenvalue weighted by atomic mass is 79.9. The van der Waals surface area contributed by atoms with Crippen LogP contribution in [0.2, 0.25) is 0 Å². The number of rotatable bonds is 3. The van der Waals surface area contributed by atoms with Gasteiger partial charge in [0, 0.05) is 4.83 Å². The molecule has 3 atom stereocenters. The molecule has 1 N–H and O–H groups in total. The number of anilines is 1. The summed E-state index contributed by atoms with van der Waals surface area (Å²) in [5.41, 5.74) is 0.494. The normalized spacial score (nSPS) is 33.7. The third-order valence-corrected chi connectivity index (χ3v) is 8.35. The smallest absolute Gasteiger partial charge is 0.339 e. The topological polar surface area (TPSA) is 55.4 Å². The zero-order chi connectivity index (χ0) is 17.0. The van der Waals surface area contributed by atoms with Gasteiger partial charge >= 0.3 is 5.97 Å². The van der Waals surface area contributed by atoms with Gasteiger partial charge in [0.05, 0.1) is 23.8 Å². The number of carbonyl (C=O) groups is 2. The number of methoxy groups -OCH3 is 1. The SMILES string of the molecule is COC(=O)c1ccccc1NC(=O)C12CCC(C)(C1Br)C2(C)C. The Morgan fingerprint density at radius 1 is 1.22 bits per heavy atom. The van der Waals surface area contributed by atoms with Crippen molar-refractivity contribution < 1.29 is 14.3 Å². The summed E-state index contributed by atoms with van der Waals surface area (Å²) in [5, 5.41) is 2.98. The molecule has 23 heavy (non-hydrogen) atoms. The third-order valence-electron chi connectivity index (χ3n) is 6.56. The van der Waals surface area contributed by atoms with Gasteiger partial charge in [0.15, 0.2) is 0 Å².